The summed E-state index contributed by atoms with van der Waals surface area (Å²) in [7, 11) is 1.78. The van der Waals surface area contributed by atoms with E-state index < -0.39 is 0 Å². The Bertz CT molecular complexity index is 654. The molecule has 0 radical (unpaired) electrons. The number of rotatable bonds is 8. The number of carbonyl (C=O) groups excluding carboxylic acids is 1. The van der Waals surface area contributed by atoms with Crippen molar-refractivity contribution in [1.29, 1.82) is 0 Å². The summed E-state index contributed by atoms with van der Waals surface area (Å²) in [6.07, 6.45) is 1.38. The molecule has 1 saturated heterocycles. The van der Waals surface area contributed by atoms with Gasteiger partial charge in [0.1, 0.15) is 0 Å². The molecule has 0 saturated carbocycles. The average Bonchev–Trinajstić information content (AvgIpc) is 2.69. The molecular weight excluding hydrogens is 354 g/mol. The maximum Gasteiger partial charge on any atom is 0.224 e. The summed E-state index contributed by atoms with van der Waals surface area (Å²) in [6, 6.07) is 7.89. The molecule has 0 aliphatic carbocycles. The lowest BCUT2D eigenvalue weighted by Crippen LogP contribution is -2.56. The van der Waals surface area contributed by atoms with E-state index in [4.69, 9.17) is 4.74 Å². The van der Waals surface area contributed by atoms with E-state index in [2.05, 4.69) is 39.7 Å². The van der Waals surface area contributed by atoms with Crippen molar-refractivity contribution in [2.75, 3.05) is 45.2 Å². The summed E-state index contributed by atoms with van der Waals surface area (Å²) in [5.41, 5.74) is 1.93. The molecule has 2 rings (SSSR count). The highest BCUT2D eigenvalue weighted by Crippen LogP contribution is 2.15. The van der Waals surface area contributed by atoms with Gasteiger partial charge in [-0.25, -0.2) is 0 Å². The number of ether oxygens (including phenoxy) is 1. The van der Waals surface area contributed by atoms with Crippen molar-refractivity contribution < 1.29 is 9.53 Å². The van der Waals surface area contributed by atoms with E-state index in [1.807, 2.05) is 31.2 Å². The lowest BCUT2D eigenvalue weighted by Gasteiger charge is -2.41. The number of anilines is 1. The molecule has 1 aliphatic rings. The molecule has 0 bridgehead atoms. The van der Waals surface area contributed by atoms with Gasteiger partial charge in [-0.1, -0.05) is 19.1 Å². The van der Waals surface area contributed by atoms with Gasteiger partial charge in [-0.2, -0.15) is 0 Å². The van der Waals surface area contributed by atoms with Crippen LogP contribution >= 0.6 is 0 Å². The Morgan fingerprint density at radius 3 is 2.68 bits per heavy atom. The Labute approximate surface area is 168 Å². The van der Waals surface area contributed by atoms with Gasteiger partial charge in [0.2, 0.25) is 5.91 Å². The minimum atomic E-state index is 0.0187. The first-order valence-corrected chi connectivity index (χ1v) is 10.1. The van der Waals surface area contributed by atoms with Crippen LogP contribution in [-0.4, -0.2) is 62.2 Å². The van der Waals surface area contributed by atoms with Gasteiger partial charge in [-0.15, -0.1) is 0 Å². The fourth-order valence-electron chi connectivity index (χ4n) is 3.20. The number of aliphatic imine (C=N–C) groups is 1. The second-order valence-electron chi connectivity index (χ2n) is 7.69. The first-order valence-electron chi connectivity index (χ1n) is 10.1. The summed E-state index contributed by atoms with van der Waals surface area (Å²) >= 11 is 0. The molecule has 1 amide bonds. The molecule has 0 unspecified atom stereocenters. The highest BCUT2D eigenvalue weighted by Gasteiger charge is 2.28. The zero-order chi connectivity index (χ0) is 20.4. The van der Waals surface area contributed by atoms with Crippen LogP contribution in [0.5, 0.6) is 0 Å². The number of nitrogens with one attached hydrogen (secondary N) is 3. The number of carbonyl (C=O) groups is 1. The number of amides is 1. The van der Waals surface area contributed by atoms with Crippen LogP contribution in [0.4, 0.5) is 5.69 Å². The second-order valence-corrected chi connectivity index (χ2v) is 7.69. The van der Waals surface area contributed by atoms with E-state index in [9.17, 15) is 4.79 Å². The summed E-state index contributed by atoms with van der Waals surface area (Å²) in [5.74, 6) is 0.817. The Morgan fingerprint density at radius 1 is 1.25 bits per heavy atom. The monoisotopic (exact) mass is 389 g/mol. The van der Waals surface area contributed by atoms with E-state index in [0.29, 0.717) is 13.0 Å². The van der Waals surface area contributed by atoms with Crippen LogP contribution < -0.4 is 16.0 Å². The molecule has 1 heterocycles. The van der Waals surface area contributed by atoms with Crippen molar-refractivity contribution in [3.8, 4) is 0 Å². The van der Waals surface area contributed by atoms with Crippen LogP contribution in [-0.2, 0) is 16.1 Å². The predicted molar refractivity (Wildman–Crippen MR) is 115 cm³/mol. The highest BCUT2D eigenvalue weighted by atomic mass is 16.5. The minimum absolute atomic E-state index is 0.0187. The quantitative estimate of drug-likeness (QED) is 0.469. The molecule has 3 N–H and O–H groups in total. The van der Waals surface area contributed by atoms with Gasteiger partial charge >= 0.3 is 0 Å². The van der Waals surface area contributed by atoms with Crippen LogP contribution in [0.25, 0.3) is 0 Å². The molecule has 1 aromatic carbocycles. The largest absolute Gasteiger partial charge is 0.379 e. The minimum Gasteiger partial charge on any atom is -0.379 e. The zero-order valence-electron chi connectivity index (χ0n) is 17.7. The molecule has 0 aromatic heterocycles. The van der Waals surface area contributed by atoms with Crippen molar-refractivity contribution in [2.45, 2.75) is 45.7 Å². The molecule has 156 valence electrons. The molecule has 1 aromatic rings. The molecule has 1 fully saturated rings. The first kappa shape index (κ1) is 22.2. The third kappa shape index (κ3) is 7.13. The number of nitrogens with zero attached hydrogens (tertiary/aromatic N) is 2. The fourth-order valence-corrected chi connectivity index (χ4v) is 3.20. The van der Waals surface area contributed by atoms with Crippen molar-refractivity contribution in [3.63, 3.8) is 0 Å². The lowest BCUT2D eigenvalue weighted by molar-refractivity contribution is -0.116. The lowest BCUT2D eigenvalue weighted by atomic mass is 10.0. The van der Waals surface area contributed by atoms with Crippen LogP contribution in [0.1, 0.15) is 39.2 Å². The Balaban J connectivity index is 1.84. The number of morpholine rings is 1. The molecule has 0 atom stereocenters. The summed E-state index contributed by atoms with van der Waals surface area (Å²) in [6.45, 7) is 11.4. The SMILES string of the molecule is CCCC(=O)Nc1cccc(CNC(=NC)NCC(C)(C)N2CCOCC2)c1. The van der Waals surface area contributed by atoms with Crippen molar-refractivity contribution in [3.05, 3.63) is 29.8 Å². The molecule has 7 nitrogen and oxygen atoms in total. The molecule has 0 spiro atoms. The Morgan fingerprint density at radius 2 is 2.00 bits per heavy atom. The summed E-state index contributed by atoms with van der Waals surface area (Å²) < 4.78 is 5.45. The topological polar surface area (TPSA) is 78.0 Å². The van der Waals surface area contributed by atoms with Crippen molar-refractivity contribution >= 4 is 17.6 Å². The molecular formula is C21H35N5O2. The van der Waals surface area contributed by atoms with Crippen molar-refractivity contribution in [1.82, 2.24) is 15.5 Å². The van der Waals surface area contributed by atoms with Gasteiger partial charge in [-0.05, 0) is 38.0 Å². The second kappa shape index (κ2) is 11.0. The maximum atomic E-state index is 11.8. The van der Waals surface area contributed by atoms with Gasteiger partial charge in [0.05, 0.1) is 13.2 Å². The number of hydrogen-bond acceptors (Lipinski definition) is 4. The standard InChI is InChI=1S/C21H35N5O2/c1-5-7-19(27)25-18-9-6-8-17(14-18)15-23-20(22-4)24-16-21(2,3)26-10-12-28-13-11-26/h6,8-9,14H,5,7,10-13,15-16H2,1-4H3,(H,25,27)(H2,22,23,24). The van der Waals surface area contributed by atoms with Crippen LogP contribution in [0.2, 0.25) is 0 Å². The third-order valence-corrected chi connectivity index (χ3v) is 4.93. The van der Waals surface area contributed by atoms with E-state index >= 15 is 0 Å². The van der Waals surface area contributed by atoms with Crippen LogP contribution in [0.15, 0.2) is 29.3 Å². The van der Waals surface area contributed by atoms with Gasteiger partial charge in [0.15, 0.2) is 5.96 Å². The van der Waals surface area contributed by atoms with Gasteiger partial charge in [-0.3, -0.25) is 14.7 Å². The van der Waals surface area contributed by atoms with E-state index in [1.165, 1.54) is 0 Å². The Hall–Kier alpha value is -2.12. The molecule has 28 heavy (non-hydrogen) atoms. The van der Waals surface area contributed by atoms with Crippen LogP contribution in [0.3, 0.4) is 0 Å². The van der Waals surface area contributed by atoms with E-state index in [1.54, 1.807) is 7.05 Å². The van der Waals surface area contributed by atoms with Gasteiger partial charge in [0, 0.05) is 50.9 Å². The third-order valence-electron chi connectivity index (χ3n) is 4.93. The van der Waals surface area contributed by atoms with Crippen LogP contribution in [0, 0.1) is 0 Å². The van der Waals surface area contributed by atoms with Crippen molar-refractivity contribution in [2.24, 2.45) is 4.99 Å². The van der Waals surface area contributed by atoms with Gasteiger partial charge < -0.3 is 20.7 Å². The normalized spacial score (nSPS) is 15.9. The molecule has 7 heteroatoms. The molecule has 1 aliphatic heterocycles. The summed E-state index contributed by atoms with van der Waals surface area (Å²) in [4.78, 5) is 18.5. The van der Waals surface area contributed by atoms with E-state index in [-0.39, 0.29) is 11.4 Å². The fraction of sp³-hybridized carbons (Fsp3) is 0.619. The predicted octanol–water partition coefficient (Wildman–Crippen LogP) is 2.20. The van der Waals surface area contributed by atoms with E-state index in [0.717, 1.165) is 56.5 Å². The number of guanidine groups is 1. The average molecular weight is 390 g/mol. The zero-order valence-corrected chi connectivity index (χ0v) is 17.7. The number of hydrogen-bond donors (Lipinski definition) is 3. The maximum absolute atomic E-state index is 11.8. The first-order chi connectivity index (χ1) is 13.4. The highest BCUT2D eigenvalue weighted by molar-refractivity contribution is 5.90. The van der Waals surface area contributed by atoms with Gasteiger partial charge in [0.25, 0.3) is 0 Å². The number of benzene rings is 1. The Kier molecular flexibility index (Phi) is 8.73. The summed E-state index contributed by atoms with van der Waals surface area (Å²) in [5, 5.41) is 9.72. The smallest absolute Gasteiger partial charge is 0.224 e.